The van der Waals surface area contributed by atoms with E-state index in [2.05, 4.69) is 5.32 Å². The van der Waals surface area contributed by atoms with Gasteiger partial charge in [0.15, 0.2) is 0 Å². The maximum atomic E-state index is 12.4. The fraction of sp³-hybridized carbons (Fsp3) is 0.400. The first kappa shape index (κ1) is 17.1. The van der Waals surface area contributed by atoms with E-state index in [0.717, 1.165) is 18.4 Å². The average molecular weight is 341 g/mol. The van der Waals surface area contributed by atoms with Crippen LogP contribution in [0.25, 0.3) is 0 Å². The van der Waals surface area contributed by atoms with Crippen LogP contribution in [0.2, 0.25) is 5.02 Å². The minimum atomic E-state index is -1.47. The normalized spacial score (nSPS) is 14.8. The van der Waals surface area contributed by atoms with Crippen molar-refractivity contribution < 1.29 is 24.6 Å². The zero-order chi connectivity index (χ0) is 17.0. The van der Waals surface area contributed by atoms with Gasteiger partial charge in [-0.2, -0.15) is 0 Å². The minimum Gasteiger partial charge on any atom is -0.481 e. The summed E-state index contributed by atoms with van der Waals surface area (Å²) in [4.78, 5) is 35.6. The van der Waals surface area contributed by atoms with Gasteiger partial charge in [0.2, 0.25) is 0 Å². The number of carbonyl (C=O) groups excluding carboxylic acids is 1. The Morgan fingerprint density at radius 2 is 1.91 bits per heavy atom. The van der Waals surface area contributed by atoms with E-state index in [4.69, 9.17) is 21.8 Å². The highest BCUT2D eigenvalue weighted by molar-refractivity contribution is 6.31. The number of amides is 2. The number of nitrogens with zero attached hydrogens (tertiary/aromatic N) is 1. The number of rotatable bonds is 7. The van der Waals surface area contributed by atoms with E-state index in [1.54, 1.807) is 24.3 Å². The lowest BCUT2D eigenvalue weighted by atomic mass is 10.2. The molecule has 1 aromatic rings. The van der Waals surface area contributed by atoms with Crippen LogP contribution < -0.4 is 5.32 Å². The Balaban J connectivity index is 2.08. The Morgan fingerprint density at radius 3 is 2.43 bits per heavy atom. The predicted octanol–water partition coefficient (Wildman–Crippen LogP) is 1.94. The molecular formula is C15H17ClN2O5. The summed E-state index contributed by atoms with van der Waals surface area (Å²) < 4.78 is 0. The Labute approximate surface area is 137 Å². The van der Waals surface area contributed by atoms with Crippen LogP contribution in [0.3, 0.4) is 0 Å². The lowest BCUT2D eigenvalue weighted by Crippen LogP contribution is -2.49. The van der Waals surface area contributed by atoms with Gasteiger partial charge in [0, 0.05) is 17.6 Å². The molecule has 0 spiro atoms. The van der Waals surface area contributed by atoms with Crippen molar-refractivity contribution in [3.05, 3.63) is 34.9 Å². The number of carbonyl (C=O) groups is 3. The van der Waals surface area contributed by atoms with Gasteiger partial charge in [-0.3, -0.25) is 4.79 Å². The molecule has 0 unspecified atom stereocenters. The molecule has 0 heterocycles. The number of hydrogen-bond acceptors (Lipinski definition) is 3. The number of hydrogen-bond donors (Lipinski definition) is 3. The quantitative estimate of drug-likeness (QED) is 0.703. The van der Waals surface area contributed by atoms with E-state index >= 15 is 0 Å². The Bertz CT molecular complexity index is 618. The third kappa shape index (κ3) is 4.85. The molecule has 7 nitrogen and oxygen atoms in total. The van der Waals surface area contributed by atoms with Gasteiger partial charge < -0.3 is 20.4 Å². The molecule has 0 saturated heterocycles. The maximum absolute atomic E-state index is 12.4. The number of aliphatic carboxylic acids is 2. The number of benzene rings is 1. The van der Waals surface area contributed by atoms with Gasteiger partial charge in [-0.25, -0.2) is 9.59 Å². The van der Waals surface area contributed by atoms with Crippen molar-refractivity contribution in [1.82, 2.24) is 10.2 Å². The molecule has 0 bridgehead atoms. The molecule has 1 atom stereocenters. The molecule has 8 heteroatoms. The molecule has 0 radical (unpaired) electrons. The molecule has 1 fully saturated rings. The van der Waals surface area contributed by atoms with Gasteiger partial charge in [-0.15, -0.1) is 0 Å². The van der Waals surface area contributed by atoms with Crippen LogP contribution >= 0.6 is 11.6 Å². The summed E-state index contributed by atoms with van der Waals surface area (Å²) in [5.41, 5.74) is 0.751. The molecule has 0 aliphatic heterocycles. The topological polar surface area (TPSA) is 107 Å². The van der Waals surface area contributed by atoms with Crippen LogP contribution in [0, 0.1) is 0 Å². The maximum Gasteiger partial charge on any atom is 0.326 e. The Hall–Kier alpha value is -2.28. The zero-order valence-electron chi connectivity index (χ0n) is 12.2. The summed E-state index contributed by atoms with van der Waals surface area (Å²) in [6.45, 7) is 0.246. The monoisotopic (exact) mass is 340 g/mol. The van der Waals surface area contributed by atoms with E-state index in [0.29, 0.717) is 5.02 Å². The standard InChI is InChI=1S/C15H17ClN2O5/c16-11-4-2-1-3-9(11)8-18(10-5-6-10)15(23)17-12(14(21)22)7-13(19)20/h1-4,10,12H,5-8H2,(H,17,23)(H,19,20)(H,21,22)/t12-/m0/s1. The van der Waals surface area contributed by atoms with Gasteiger partial charge in [0.05, 0.1) is 6.42 Å². The number of urea groups is 1. The second kappa shape index (κ2) is 7.32. The molecule has 1 aliphatic rings. The highest BCUT2D eigenvalue weighted by Gasteiger charge is 2.35. The van der Waals surface area contributed by atoms with Gasteiger partial charge >= 0.3 is 18.0 Å². The molecular weight excluding hydrogens is 324 g/mol. The average Bonchev–Trinajstić information content (AvgIpc) is 3.29. The molecule has 1 aliphatic carbocycles. The highest BCUT2D eigenvalue weighted by atomic mass is 35.5. The first-order valence-corrected chi connectivity index (χ1v) is 7.51. The highest BCUT2D eigenvalue weighted by Crippen LogP contribution is 2.29. The Morgan fingerprint density at radius 1 is 1.26 bits per heavy atom. The van der Waals surface area contributed by atoms with Crippen LogP contribution in [0.4, 0.5) is 4.79 Å². The second-order valence-electron chi connectivity index (χ2n) is 5.39. The van der Waals surface area contributed by atoms with Gasteiger partial charge in [0.1, 0.15) is 6.04 Å². The summed E-state index contributed by atoms with van der Waals surface area (Å²) in [7, 11) is 0. The molecule has 23 heavy (non-hydrogen) atoms. The smallest absolute Gasteiger partial charge is 0.326 e. The lowest BCUT2D eigenvalue weighted by molar-refractivity contribution is -0.145. The fourth-order valence-electron chi connectivity index (χ4n) is 2.17. The first-order chi connectivity index (χ1) is 10.9. The largest absolute Gasteiger partial charge is 0.481 e. The third-order valence-corrected chi connectivity index (χ3v) is 3.89. The number of carboxylic acid groups (broad SMARTS) is 2. The van der Waals surface area contributed by atoms with Crippen molar-refractivity contribution in [2.75, 3.05) is 0 Å². The number of halogens is 1. The lowest BCUT2D eigenvalue weighted by Gasteiger charge is -2.25. The molecule has 0 aromatic heterocycles. The third-order valence-electron chi connectivity index (χ3n) is 3.52. The molecule has 124 valence electrons. The molecule has 3 N–H and O–H groups in total. The predicted molar refractivity (Wildman–Crippen MR) is 82.2 cm³/mol. The van der Waals surface area contributed by atoms with Gasteiger partial charge in [-0.05, 0) is 24.5 Å². The van der Waals surface area contributed by atoms with Gasteiger partial charge in [-0.1, -0.05) is 29.8 Å². The summed E-state index contributed by atoms with van der Waals surface area (Å²) >= 11 is 6.09. The van der Waals surface area contributed by atoms with Crippen LogP contribution in [0.5, 0.6) is 0 Å². The van der Waals surface area contributed by atoms with Crippen LogP contribution in [0.1, 0.15) is 24.8 Å². The first-order valence-electron chi connectivity index (χ1n) is 7.13. The van der Waals surface area contributed by atoms with Gasteiger partial charge in [0.25, 0.3) is 0 Å². The van der Waals surface area contributed by atoms with Crippen molar-refractivity contribution in [2.24, 2.45) is 0 Å². The van der Waals surface area contributed by atoms with Crippen molar-refractivity contribution in [2.45, 2.75) is 37.9 Å². The van der Waals surface area contributed by atoms with E-state index in [-0.39, 0.29) is 12.6 Å². The second-order valence-corrected chi connectivity index (χ2v) is 5.80. The van der Waals surface area contributed by atoms with Crippen LogP contribution in [0.15, 0.2) is 24.3 Å². The molecule has 1 aromatic carbocycles. The summed E-state index contributed by atoms with van der Waals surface area (Å²) in [5, 5.41) is 20.5. The molecule has 2 rings (SSSR count). The van der Waals surface area contributed by atoms with Crippen molar-refractivity contribution >= 4 is 29.6 Å². The Kier molecular flexibility index (Phi) is 5.44. The molecule has 2 amide bonds. The fourth-order valence-corrected chi connectivity index (χ4v) is 2.37. The van der Waals surface area contributed by atoms with Crippen LogP contribution in [-0.4, -0.2) is 45.2 Å². The summed E-state index contributed by atoms with van der Waals surface area (Å²) in [5.74, 6) is -2.67. The SMILES string of the molecule is O=C(O)C[C@H](NC(=O)N(Cc1ccccc1Cl)C1CC1)C(=O)O. The van der Waals surface area contributed by atoms with Crippen LogP contribution in [-0.2, 0) is 16.1 Å². The van der Waals surface area contributed by atoms with E-state index < -0.39 is 30.4 Å². The van der Waals surface area contributed by atoms with Crippen molar-refractivity contribution in [3.8, 4) is 0 Å². The van der Waals surface area contributed by atoms with Crippen molar-refractivity contribution in [1.29, 1.82) is 0 Å². The van der Waals surface area contributed by atoms with E-state index in [9.17, 15) is 14.4 Å². The van der Waals surface area contributed by atoms with Crippen molar-refractivity contribution in [3.63, 3.8) is 0 Å². The summed E-state index contributed by atoms with van der Waals surface area (Å²) in [6, 6.07) is 5.04. The van der Waals surface area contributed by atoms with E-state index in [1.165, 1.54) is 4.90 Å². The summed E-state index contributed by atoms with van der Waals surface area (Å²) in [6.07, 6.45) is 0.981. The zero-order valence-corrected chi connectivity index (χ0v) is 13.0. The minimum absolute atomic E-state index is 0.0190. The number of nitrogens with one attached hydrogen (secondary N) is 1. The molecule has 1 saturated carbocycles. The van der Waals surface area contributed by atoms with E-state index in [1.807, 2.05) is 0 Å². The number of carboxylic acids is 2.